The number of hydrogen-bond acceptors (Lipinski definition) is 3. The van der Waals surface area contributed by atoms with E-state index in [1.165, 1.54) is 0 Å². The van der Waals surface area contributed by atoms with Crippen LogP contribution in [0.15, 0.2) is 30.6 Å². The van der Waals surface area contributed by atoms with Gasteiger partial charge in [-0.1, -0.05) is 29.3 Å². The summed E-state index contributed by atoms with van der Waals surface area (Å²) in [6.07, 6.45) is 3.55. The SMILES string of the molecule is Cc1cc(Cl)nc(Cl)c1NCc1cccnc1. The van der Waals surface area contributed by atoms with E-state index in [0.717, 1.165) is 16.8 Å². The normalized spacial score (nSPS) is 10.3. The van der Waals surface area contributed by atoms with Crippen LogP contribution in [0.5, 0.6) is 0 Å². The maximum absolute atomic E-state index is 6.03. The highest BCUT2D eigenvalue weighted by Crippen LogP contribution is 2.26. The molecule has 2 aromatic rings. The van der Waals surface area contributed by atoms with Crippen LogP contribution in [0.4, 0.5) is 5.69 Å². The van der Waals surface area contributed by atoms with Crippen LogP contribution in [0.3, 0.4) is 0 Å². The predicted octanol–water partition coefficient (Wildman–Crippen LogP) is 3.70. The van der Waals surface area contributed by atoms with E-state index in [9.17, 15) is 0 Å². The van der Waals surface area contributed by atoms with Gasteiger partial charge in [0.1, 0.15) is 5.15 Å². The first-order valence-corrected chi connectivity index (χ1v) is 5.88. The molecule has 88 valence electrons. The molecule has 0 saturated heterocycles. The van der Waals surface area contributed by atoms with E-state index in [1.807, 2.05) is 19.1 Å². The molecule has 0 spiro atoms. The zero-order valence-electron chi connectivity index (χ0n) is 9.24. The minimum atomic E-state index is 0.388. The van der Waals surface area contributed by atoms with E-state index < -0.39 is 0 Å². The van der Waals surface area contributed by atoms with E-state index in [0.29, 0.717) is 16.9 Å². The fraction of sp³-hybridized carbons (Fsp3) is 0.167. The number of pyridine rings is 2. The molecule has 2 heterocycles. The lowest BCUT2D eigenvalue weighted by molar-refractivity contribution is 1.10. The molecule has 0 aliphatic heterocycles. The Hall–Kier alpha value is -1.32. The monoisotopic (exact) mass is 267 g/mol. The summed E-state index contributed by atoms with van der Waals surface area (Å²) in [5, 5.41) is 4.02. The van der Waals surface area contributed by atoms with E-state index in [2.05, 4.69) is 15.3 Å². The molecule has 0 unspecified atom stereocenters. The van der Waals surface area contributed by atoms with E-state index in [4.69, 9.17) is 23.2 Å². The van der Waals surface area contributed by atoms with Crippen molar-refractivity contribution in [3.8, 4) is 0 Å². The van der Waals surface area contributed by atoms with Gasteiger partial charge >= 0.3 is 0 Å². The third-order valence-electron chi connectivity index (χ3n) is 2.33. The molecule has 17 heavy (non-hydrogen) atoms. The Balaban J connectivity index is 2.15. The predicted molar refractivity (Wildman–Crippen MR) is 70.6 cm³/mol. The Bertz CT molecular complexity index is 491. The minimum Gasteiger partial charge on any atom is -0.378 e. The smallest absolute Gasteiger partial charge is 0.154 e. The molecule has 0 amide bonds. The van der Waals surface area contributed by atoms with Gasteiger partial charge in [0.05, 0.1) is 5.69 Å². The first-order chi connectivity index (χ1) is 8.16. The van der Waals surface area contributed by atoms with Crippen molar-refractivity contribution in [2.45, 2.75) is 13.5 Å². The molecule has 2 aromatic heterocycles. The molecule has 2 rings (SSSR count). The summed E-state index contributed by atoms with van der Waals surface area (Å²) in [5.41, 5.74) is 2.86. The molecule has 0 bridgehead atoms. The maximum Gasteiger partial charge on any atom is 0.154 e. The van der Waals surface area contributed by atoms with Crippen molar-refractivity contribution in [1.82, 2.24) is 9.97 Å². The number of rotatable bonds is 3. The summed E-state index contributed by atoms with van der Waals surface area (Å²) >= 11 is 11.8. The second-order valence-electron chi connectivity index (χ2n) is 3.64. The van der Waals surface area contributed by atoms with Crippen LogP contribution in [-0.4, -0.2) is 9.97 Å². The van der Waals surface area contributed by atoms with Crippen LogP contribution in [0.2, 0.25) is 10.3 Å². The molecule has 0 fully saturated rings. The van der Waals surface area contributed by atoms with Crippen LogP contribution >= 0.6 is 23.2 Å². The molecule has 0 aliphatic carbocycles. The Kier molecular flexibility index (Phi) is 3.82. The second kappa shape index (κ2) is 5.34. The van der Waals surface area contributed by atoms with Crippen molar-refractivity contribution in [2.75, 3.05) is 5.32 Å². The Morgan fingerprint density at radius 1 is 1.35 bits per heavy atom. The van der Waals surface area contributed by atoms with Crippen molar-refractivity contribution < 1.29 is 0 Å². The number of nitrogens with zero attached hydrogens (tertiary/aromatic N) is 2. The fourth-order valence-corrected chi connectivity index (χ4v) is 2.10. The van der Waals surface area contributed by atoms with E-state index in [-0.39, 0.29) is 0 Å². The van der Waals surface area contributed by atoms with Crippen molar-refractivity contribution in [2.24, 2.45) is 0 Å². The van der Waals surface area contributed by atoms with Crippen LogP contribution in [0, 0.1) is 6.92 Å². The molecule has 3 nitrogen and oxygen atoms in total. The largest absolute Gasteiger partial charge is 0.378 e. The van der Waals surface area contributed by atoms with Gasteiger partial charge in [-0.15, -0.1) is 0 Å². The Morgan fingerprint density at radius 2 is 2.18 bits per heavy atom. The van der Waals surface area contributed by atoms with E-state index in [1.54, 1.807) is 18.5 Å². The van der Waals surface area contributed by atoms with Gasteiger partial charge in [0.15, 0.2) is 5.15 Å². The van der Waals surface area contributed by atoms with Crippen LogP contribution in [-0.2, 0) is 6.54 Å². The fourth-order valence-electron chi connectivity index (χ4n) is 1.50. The highest BCUT2D eigenvalue weighted by Gasteiger charge is 2.07. The molecule has 0 radical (unpaired) electrons. The first-order valence-electron chi connectivity index (χ1n) is 5.12. The summed E-state index contributed by atoms with van der Waals surface area (Å²) < 4.78 is 0. The van der Waals surface area contributed by atoms with Crippen LogP contribution < -0.4 is 5.32 Å². The summed E-state index contributed by atoms with van der Waals surface area (Å²) in [5.74, 6) is 0. The number of hydrogen-bond donors (Lipinski definition) is 1. The maximum atomic E-state index is 6.03. The molecular formula is C12H11Cl2N3. The number of nitrogens with one attached hydrogen (secondary N) is 1. The van der Waals surface area contributed by atoms with Gasteiger partial charge in [-0.3, -0.25) is 4.98 Å². The summed E-state index contributed by atoms with van der Waals surface area (Å²) in [4.78, 5) is 8.05. The molecular weight excluding hydrogens is 257 g/mol. The molecule has 0 aromatic carbocycles. The zero-order valence-corrected chi connectivity index (χ0v) is 10.8. The lowest BCUT2D eigenvalue weighted by Crippen LogP contribution is -2.03. The number of halogens is 2. The van der Waals surface area contributed by atoms with Gasteiger partial charge in [0.2, 0.25) is 0 Å². The molecule has 5 heteroatoms. The van der Waals surface area contributed by atoms with Gasteiger partial charge in [-0.2, -0.15) is 0 Å². The van der Waals surface area contributed by atoms with Gasteiger partial charge < -0.3 is 5.32 Å². The van der Waals surface area contributed by atoms with Gasteiger partial charge in [-0.25, -0.2) is 4.98 Å². The van der Waals surface area contributed by atoms with Crippen molar-refractivity contribution in [3.05, 3.63) is 52.0 Å². The standard InChI is InChI=1S/C12H11Cl2N3/c1-8-5-10(13)17-12(14)11(8)16-7-9-3-2-4-15-6-9/h2-6,16H,7H2,1H3. The lowest BCUT2D eigenvalue weighted by Gasteiger charge is -2.11. The highest BCUT2D eigenvalue weighted by atomic mass is 35.5. The quantitative estimate of drug-likeness (QED) is 0.862. The summed E-state index contributed by atoms with van der Waals surface area (Å²) in [6.45, 7) is 2.59. The highest BCUT2D eigenvalue weighted by molar-refractivity contribution is 6.34. The number of aromatic nitrogens is 2. The topological polar surface area (TPSA) is 37.8 Å². The van der Waals surface area contributed by atoms with Crippen molar-refractivity contribution >= 4 is 28.9 Å². The first kappa shape index (κ1) is 12.1. The number of anilines is 1. The minimum absolute atomic E-state index is 0.388. The second-order valence-corrected chi connectivity index (χ2v) is 4.39. The average Bonchev–Trinajstić information content (AvgIpc) is 2.29. The summed E-state index contributed by atoms with van der Waals surface area (Å²) in [7, 11) is 0. The lowest BCUT2D eigenvalue weighted by atomic mass is 10.2. The molecule has 0 atom stereocenters. The van der Waals surface area contributed by atoms with Gasteiger partial charge in [0, 0.05) is 18.9 Å². The zero-order chi connectivity index (χ0) is 12.3. The third-order valence-corrected chi connectivity index (χ3v) is 2.80. The summed E-state index contributed by atoms with van der Waals surface area (Å²) in [6, 6.07) is 5.66. The van der Waals surface area contributed by atoms with Crippen LogP contribution in [0.1, 0.15) is 11.1 Å². The van der Waals surface area contributed by atoms with Gasteiger partial charge in [-0.05, 0) is 30.2 Å². The van der Waals surface area contributed by atoms with E-state index >= 15 is 0 Å². The van der Waals surface area contributed by atoms with Gasteiger partial charge in [0.25, 0.3) is 0 Å². The van der Waals surface area contributed by atoms with Crippen LogP contribution in [0.25, 0.3) is 0 Å². The average molecular weight is 268 g/mol. The Labute approximate surface area is 110 Å². The molecule has 1 N–H and O–H groups in total. The Morgan fingerprint density at radius 3 is 2.82 bits per heavy atom. The van der Waals surface area contributed by atoms with Crippen molar-refractivity contribution in [1.29, 1.82) is 0 Å². The number of aryl methyl sites for hydroxylation is 1. The third kappa shape index (κ3) is 3.08. The molecule has 0 saturated carbocycles. The molecule has 0 aliphatic rings. The van der Waals surface area contributed by atoms with Crippen molar-refractivity contribution in [3.63, 3.8) is 0 Å².